The number of carbonyl (C=O) groups is 3. The quantitative estimate of drug-likeness (QED) is 0.262. The number of aliphatic hydroxyl groups excluding tert-OH is 3. The van der Waals surface area contributed by atoms with Crippen LogP contribution in [-0.2, 0) is 19.1 Å². The number of aliphatic carboxylic acids is 1. The van der Waals surface area contributed by atoms with Crippen molar-refractivity contribution in [3.8, 4) is 0 Å². The standard InChI is InChI=1S/C12H19BrN2O8/c1-4(17)14-8-10(20)9(19)6(3-16)23-11(8)15-7(18)2-5(13)12(21)22/h5-6,8-11,16,19-20H,2-3H2,1H3,(H,14,17)(H,15,18)(H,21,22)/t5?,6-,8-,9-,10-,11-/m1/s1. The van der Waals surface area contributed by atoms with Gasteiger partial charge in [-0.1, -0.05) is 15.9 Å². The lowest BCUT2D eigenvalue weighted by Gasteiger charge is -2.42. The Kier molecular flexibility index (Phi) is 7.35. The largest absolute Gasteiger partial charge is 0.480 e. The van der Waals surface area contributed by atoms with E-state index in [1.165, 1.54) is 6.92 Å². The molecule has 11 heteroatoms. The van der Waals surface area contributed by atoms with E-state index in [9.17, 15) is 24.6 Å². The minimum Gasteiger partial charge on any atom is -0.480 e. The lowest BCUT2D eigenvalue weighted by Crippen LogP contribution is -2.68. The monoisotopic (exact) mass is 398 g/mol. The highest BCUT2D eigenvalue weighted by Gasteiger charge is 2.45. The van der Waals surface area contributed by atoms with Gasteiger partial charge in [0.25, 0.3) is 0 Å². The van der Waals surface area contributed by atoms with Gasteiger partial charge in [0.2, 0.25) is 11.8 Å². The molecule has 1 heterocycles. The Hall–Kier alpha value is -1.27. The van der Waals surface area contributed by atoms with Gasteiger partial charge in [0.05, 0.1) is 6.61 Å². The first-order chi connectivity index (χ1) is 10.7. The zero-order valence-corrected chi connectivity index (χ0v) is 13.8. The number of carboxylic acid groups (broad SMARTS) is 1. The predicted octanol–water partition coefficient (Wildman–Crippen LogP) is -2.72. The zero-order valence-electron chi connectivity index (χ0n) is 12.2. The fraction of sp³-hybridized carbons (Fsp3) is 0.750. The molecule has 10 nitrogen and oxygen atoms in total. The maximum absolute atomic E-state index is 11.8. The predicted molar refractivity (Wildman–Crippen MR) is 78.5 cm³/mol. The first-order valence-corrected chi connectivity index (χ1v) is 7.64. The second kappa shape index (κ2) is 8.55. The van der Waals surface area contributed by atoms with E-state index in [1.807, 2.05) is 0 Å². The Morgan fingerprint density at radius 2 is 1.83 bits per heavy atom. The van der Waals surface area contributed by atoms with E-state index in [4.69, 9.17) is 14.9 Å². The third-order valence-corrected chi connectivity index (χ3v) is 3.95. The summed E-state index contributed by atoms with van der Waals surface area (Å²) in [6, 6.07) is -1.16. The van der Waals surface area contributed by atoms with Gasteiger partial charge in [-0.3, -0.25) is 14.4 Å². The molecular formula is C12H19BrN2O8. The molecule has 0 spiro atoms. The average Bonchev–Trinajstić information content (AvgIpc) is 2.46. The summed E-state index contributed by atoms with van der Waals surface area (Å²) in [5.74, 6) is -2.47. The van der Waals surface area contributed by atoms with Crippen molar-refractivity contribution in [1.29, 1.82) is 0 Å². The first kappa shape index (κ1) is 19.8. The number of hydrogen-bond acceptors (Lipinski definition) is 7. The lowest BCUT2D eigenvalue weighted by molar-refractivity contribution is -0.203. The molecule has 2 amide bonds. The fourth-order valence-electron chi connectivity index (χ4n) is 2.10. The van der Waals surface area contributed by atoms with E-state index in [-0.39, 0.29) is 0 Å². The molecule has 1 aliphatic rings. The van der Waals surface area contributed by atoms with E-state index in [0.717, 1.165) is 0 Å². The van der Waals surface area contributed by atoms with Crippen LogP contribution in [0, 0.1) is 0 Å². The van der Waals surface area contributed by atoms with Crippen LogP contribution in [0.15, 0.2) is 0 Å². The van der Waals surface area contributed by atoms with Gasteiger partial charge >= 0.3 is 5.97 Å². The Morgan fingerprint density at radius 3 is 2.30 bits per heavy atom. The van der Waals surface area contributed by atoms with Crippen LogP contribution in [0.25, 0.3) is 0 Å². The van der Waals surface area contributed by atoms with E-state index < -0.39 is 66.2 Å². The van der Waals surface area contributed by atoms with Gasteiger partial charge in [-0.05, 0) is 0 Å². The summed E-state index contributed by atoms with van der Waals surface area (Å²) >= 11 is 2.81. The molecule has 0 bridgehead atoms. The third kappa shape index (κ3) is 5.39. The van der Waals surface area contributed by atoms with Crippen LogP contribution in [0.2, 0.25) is 0 Å². The summed E-state index contributed by atoms with van der Waals surface area (Å²) in [6.45, 7) is 0.558. The Balaban J connectivity index is 2.82. The highest BCUT2D eigenvalue weighted by molar-refractivity contribution is 9.10. The van der Waals surface area contributed by atoms with E-state index in [2.05, 4.69) is 26.6 Å². The molecule has 0 aromatic rings. The average molecular weight is 399 g/mol. The summed E-state index contributed by atoms with van der Waals surface area (Å²) in [7, 11) is 0. The molecule has 0 aromatic heterocycles. The summed E-state index contributed by atoms with van der Waals surface area (Å²) in [5, 5.41) is 42.4. The van der Waals surface area contributed by atoms with Crippen molar-refractivity contribution in [3.05, 3.63) is 0 Å². The molecule has 1 saturated heterocycles. The van der Waals surface area contributed by atoms with Gasteiger partial charge in [-0.2, -0.15) is 0 Å². The highest BCUT2D eigenvalue weighted by Crippen LogP contribution is 2.20. The molecule has 1 fully saturated rings. The zero-order chi connectivity index (χ0) is 17.7. The van der Waals surface area contributed by atoms with Crippen molar-refractivity contribution in [2.75, 3.05) is 6.61 Å². The van der Waals surface area contributed by atoms with Crippen molar-refractivity contribution in [2.45, 2.75) is 48.8 Å². The number of alkyl halides is 1. The van der Waals surface area contributed by atoms with Crippen molar-refractivity contribution in [3.63, 3.8) is 0 Å². The third-order valence-electron chi connectivity index (χ3n) is 3.23. The normalized spacial score (nSPS) is 32.0. The van der Waals surface area contributed by atoms with Crippen molar-refractivity contribution in [2.24, 2.45) is 0 Å². The molecule has 0 aliphatic carbocycles. The number of hydrogen-bond donors (Lipinski definition) is 6. The lowest BCUT2D eigenvalue weighted by atomic mass is 9.96. The molecule has 1 aliphatic heterocycles. The first-order valence-electron chi connectivity index (χ1n) is 6.73. The van der Waals surface area contributed by atoms with Crippen LogP contribution >= 0.6 is 15.9 Å². The van der Waals surface area contributed by atoms with Crippen LogP contribution in [0.5, 0.6) is 0 Å². The number of nitrogens with one attached hydrogen (secondary N) is 2. The number of ether oxygens (including phenoxy) is 1. The maximum Gasteiger partial charge on any atom is 0.317 e. The van der Waals surface area contributed by atoms with E-state index in [0.29, 0.717) is 0 Å². The van der Waals surface area contributed by atoms with Crippen LogP contribution in [0.3, 0.4) is 0 Å². The minimum absolute atomic E-state index is 0.412. The van der Waals surface area contributed by atoms with Crippen LogP contribution in [0.4, 0.5) is 0 Å². The second-order valence-corrected chi connectivity index (χ2v) is 6.17. The highest BCUT2D eigenvalue weighted by atomic mass is 79.9. The molecular weight excluding hydrogens is 380 g/mol. The summed E-state index contributed by atoms with van der Waals surface area (Å²) in [6.07, 6.45) is -5.78. The number of carboxylic acids is 1. The van der Waals surface area contributed by atoms with Gasteiger partial charge in [0.1, 0.15) is 29.2 Å². The second-order valence-electron chi connectivity index (χ2n) is 5.06. The molecule has 6 atom stereocenters. The number of halogens is 1. The Bertz CT molecular complexity index is 462. The number of amides is 2. The molecule has 6 N–H and O–H groups in total. The summed E-state index contributed by atoms with van der Waals surface area (Å²) in [5.41, 5.74) is 0. The number of aliphatic hydroxyl groups is 3. The maximum atomic E-state index is 11.8. The number of carbonyl (C=O) groups excluding carboxylic acids is 2. The summed E-state index contributed by atoms with van der Waals surface area (Å²) in [4.78, 5) is 32.6. The molecule has 1 unspecified atom stereocenters. The molecule has 1 rings (SSSR count). The molecule has 0 radical (unpaired) electrons. The van der Waals surface area contributed by atoms with Gasteiger partial charge < -0.3 is 35.8 Å². The van der Waals surface area contributed by atoms with E-state index in [1.54, 1.807) is 0 Å². The Morgan fingerprint density at radius 1 is 1.22 bits per heavy atom. The van der Waals surface area contributed by atoms with Gasteiger partial charge in [-0.15, -0.1) is 0 Å². The van der Waals surface area contributed by atoms with Crippen molar-refractivity contribution >= 4 is 33.7 Å². The van der Waals surface area contributed by atoms with E-state index >= 15 is 0 Å². The van der Waals surface area contributed by atoms with Crippen LogP contribution in [-0.4, -0.2) is 80.2 Å². The molecule has 23 heavy (non-hydrogen) atoms. The smallest absolute Gasteiger partial charge is 0.317 e. The molecule has 132 valence electrons. The minimum atomic E-state index is -1.49. The molecule has 0 saturated carbocycles. The van der Waals surface area contributed by atoms with Crippen LogP contribution < -0.4 is 10.6 Å². The van der Waals surface area contributed by atoms with Crippen LogP contribution in [0.1, 0.15) is 13.3 Å². The summed E-state index contributed by atoms with van der Waals surface area (Å²) < 4.78 is 5.28. The van der Waals surface area contributed by atoms with Gasteiger partial charge in [-0.25, -0.2) is 0 Å². The van der Waals surface area contributed by atoms with Crippen molar-refractivity contribution in [1.82, 2.24) is 10.6 Å². The molecule has 0 aromatic carbocycles. The van der Waals surface area contributed by atoms with Gasteiger partial charge in [0, 0.05) is 13.3 Å². The topological polar surface area (TPSA) is 165 Å². The van der Waals surface area contributed by atoms with Crippen molar-refractivity contribution < 1.29 is 39.5 Å². The SMILES string of the molecule is CC(=O)N[C@@H]1[C@@H](O)[C@H](O)[C@@H](CO)O[C@H]1NC(=O)CC(Br)C(=O)O. The fourth-order valence-corrected chi connectivity index (χ4v) is 2.40. The Labute approximate surface area is 139 Å². The van der Waals surface area contributed by atoms with Gasteiger partial charge in [0.15, 0.2) is 6.23 Å². The number of rotatable bonds is 6.